The smallest absolute Gasteiger partial charge is 0.224 e. The zero-order chi connectivity index (χ0) is 13.7. The SMILES string of the molecule is CCCNC(=O)C(CN)Cc1coc2ccccc12. The molecule has 0 aliphatic heterocycles. The summed E-state index contributed by atoms with van der Waals surface area (Å²) in [5.41, 5.74) is 7.60. The quantitative estimate of drug-likeness (QED) is 0.835. The number of carbonyl (C=O) groups excluding carboxylic acids is 1. The van der Waals surface area contributed by atoms with Crippen molar-refractivity contribution in [3.05, 3.63) is 36.1 Å². The lowest BCUT2D eigenvalue weighted by molar-refractivity contribution is -0.124. The summed E-state index contributed by atoms with van der Waals surface area (Å²) in [6, 6.07) is 7.83. The second-order valence-corrected chi connectivity index (χ2v) is 4.68. The standard InChI is InChI=1S/C15H20N2O2/c1-2-7-17-15(18)11(9-16)8-12-10-19-14-6-4-3-5-13(12)14/h3-6,10-11H,2,7-9,16H2,1H3,(H,17,18). The molecule has 1 aromatic heterocycles. The van der Waals surface area contributed by atoms with Crippen LogP contribution in [0.15, 0.2) is 34.9 Å². The van der Waals surface area contributed by atoms with E-state index in [1.165, 1.54) is 0 Å². The Labute approximate surface area is 113 Å². The summed E-state index contributed by atoms with van der Waals surface area (Å²) in [7, 11) is 0. The van der Waals surface area contributed by atoms with Crippen molar-refractivity contribution in [2.75, 3.05) is 13.1 Å². The van der Waals surface area contributed by atoms with Gasteiger partial charge < -0.3 is 15.5 Å². The molecule has 0 bridgehead atoms. The average Bonchev–Trinajstić information content (AvgIpc) is 2.85. The van der Waals surface area contributed by atoms with Gasteiger partial charge in [0.05, 0.1) is 12.2 Å². The van der Waals surface area contributed by atoms with Gasteiger partial charge in [0.25, 0.3) is 0 Å². The third-order valence-corrected chi connectivity index (χ3v) is 3.23. The fraction of sp³-hybridized carbons (Fsp3) is 0.400. The third kappa shape index (κ3) is 3.15. The molecule has 0 aliphatic rings. The predicted octanol–water partition coefficient (Wildman–Crippen LogP) is 2.08. The number of para-hydroxylation sites is 1. The summed E-state index contributed by atoms with van der Waals surface area (Å²) < 4.78 is 5.48. The molecule has 3 N–H and O–H groups in total. The molecule has 0 spiro atoms. The van der Waals surface area contributed by atoms with Gasteiger partial charge in [0.1, 0.15) is 5.58 Å². The summed E-state index contributed by atoms with van der Waals surface area (Å²) in [5, 5.41) is 3.95. The van der Waals surface area contributed by atoms with Crippen molar-refractivity contribution in [2.45, 2.75) is 19.8 Å². The number of nitrogens with one attached hydrogen (secondary N) is 1. The van der Waals surface area contributed by atoms with Crippen molar-refractivity contribution in [1.29, 1.82) is 0 Å². The lowest BCUT2D eigenvalue weighted by Crippen LogP contribution is -2.36. The molecule has 1 heterocycles. The van der Waals surface area contributed by atoms with Crippen LogP contribution in [0.5, 0.6) is 0 Å². The van der Waals surface area contributed by atoms with E-state index >= 15 is 0 Å². The highest BCUT2D eigenvalue weighted by Crippen LogP contribution is 2.23. The van der Waals surface area contributed by atoms with Crippen LogP contribution in [0.4, 0.5) is 0 Å². The van der Waals surface area contributed by atoms with E-state index in [0.717, 1.165) is 23.0 Å². The van der Waals surface area contributed by atoms with Crippen LogP contribution in [0, 0.1) is 5.92 Å². The van der Waals surface area contributed by atoms with Crippen molar-refractivity contribution < 1.29 is 9.21 Å². The molecule has 0 radical (unpaired) electrons. The molecule has 4 heteroatoms. The molecular weight excluding hydrogens is 240 g/mol. The van der Waals surface area contributed by atoms with E-state index in [1.807, 2.05) is 31.2 Å². The first-order valence-electron chi connectivity index (χ1n) is 6.69. The maximum absolute atomic E-state index is 12.0. The molecule has 0 saturated heterocycles. The highest BCUT2D eigenvalue weighted by atomic mass is 16.3. The Morgan fingerprint density at radius 1 is 1.42 bits per heavy atom. The molecule has 4 nitrogen and oxygen atoms in total. The molecule has 0 aliphatic carbocycles. The highest BCUT2D eigenvalue weighted by molar-refractivity contribution is 5.83. The Morgan fingerprint density at radius 3 is 2.95 bits per heavy atom. The van der Waals surface area contributed by atoms with Gasteiger partial charge in [-0.15, -0.1) is 0 Å². The molecule has 1 amide bonds. The van der Waals surface area contributed by atoms with Crippen LogP contribution in [-0.2, 0) is 11.2 Å². The number of furan rings is 1. The number of rotatable bonds is 6. The molecule has 1 aromatic carbocycles. The molecule has 102 valence electrons. The number of benzene rings is 1. The third-order valence-electron chi connectivity index (χ3n) is 3.23. The van der Waals surface area contributed by atoms with E-state index in [-0.39, 0.29) is 11.8 Å². The van der Waals surface area contributed by atoms with Gasteiger partial charge in [-0.05, 0) is 24.5 Å². The van der Waals surface area contributed by atoms with Gasteiger partial charge in [-0.2, -0.15) is 0 Å². The second kappa shape index (κ2) is 6.38. The van der Waals surface area contributed by atoms with Crippen LogP contribution in [0.2, 0.25) is 0 Å². The molecule has 0 saturated carbocycles. The lowest BCUT2D eigenvalue weighted by atomic mass is 9.98. The van der Waals surface area contributed by atoms with Crippen molar-refractivity contribution >= 4 is 16.9 Å². The fourth-order valence-electron chi connectivity index (χ4n) is 2.13. The van der Waals surface area contributed by atoms with Crippen molar-refractivity contribution in [2.24, 2.45) is 11.7 Å². The Morgan fingerprint density at radius 2 is 2.21 bits per heavy atom. The Kier molecular flexibility index (Phi) is 4.58. The number of carbonyl (C=O) groups is 1. The summed E-state index contributed by atoms with van der Waals surface area (Å²) in [4.78, 5) is 12.0. The second-order valence-electron chi connectivity index (χ2n) is 4.68. The van der Waals surface area contributed by atoms with Crippen molar-refractivity contribution in [3.63, 3.8) is 0 Å². The van der Waals surface area contributed by atoms with E-state index in [4.69, 9.17) is 10.2 Å². The van der Waals surface area contributed by atoms with Gasteiger partial charge in [0, 0.05) is 18.5 Å². The van der Waals surface area contributed by atoms with E-state index in [9.17, 15) is 4.79 Å². The van der Waals surface area contributed by atoms with Gasteiger partial charge in [-0.25, -0.2) is 0 Å². The maximum atomic E-state index is 12.0. The minimum Gasteiger partial charge on any atom is -0.464 e. The zero-order valence-corrected chi connectivity index (χ0v) is 11.2. The van der Waals surface area contributed by atoms with Gasteiger partial charge in [-0.1, -0.05) is 25.1 Å². The molecule has 0 fully saturated rings. The van der Waals surface area contributed by atoms with Gasteiger partial charge >= 0.3 is 0 Å². The summed E-state index contributed by atoms with van der Waals surface area (Å²) in [6.45, 7) is 3.07. The van der Waals surface area contributed by atoms with Crippen molar-refractivity contribution in [1.82, 2.24) is 5.32 Å². The lowest BCUT2D eigenvalue weighted by Gasteiger charge is -2.13. The van der Waals surface area contributed by atoms with Crippen molar-refractivity contribution in [3.8, 4) is 0 Å². The van der Waals surface area contributed by atoms with Gasteiger partial charge in [0.2, 0.25) is 5.91 Å². The predicted molar refractivity (Wildman–Crippen MR) is 75.8 cm³/mol. The first kappa shape index (κ1) is 13.6. The number of fused-ring (bicyclic) bond motifs is 1. The summed E-state index contributed by atoms with van der Waals surface area (Å²) >= 11 is 0. The molecule has 1 unspecified atom stereocenters. The van der Waals surface area contributed by atoms with E-state index < -0.39 is 0 Å². The largest absolute Gasteiger partial charge is 0.464 e. The number of nitrogens with two attached hydrogens (primary N) is 1. The van der Waals surface area contributed by atoms with Crippen LogP contribution in [0.25, 0.3) is 11.0 Å². The Balaban J connectivity index is 2.11. The van der Waals surface area contributed by atoms with Gasteiger partial charge in [-0.3, -0.25) is 4.79 Å². The monoisotopic (exact) mass is 260 g/mol. The van der Waals surface area contributed by atoms with Crippen LogP contribution in [0.3, 0.4) is 0 Å². The molecule has 19 heavy (non-hydrogen) atoms. The number of hydrogen-bond acceptors (Lipinski definition) is 3. The minimum atomic E-state index is -0.201. The Bertz CT molecular complexity index is 548. The van der Waals surface area contributed by atoms with E-state index in [1.54, 1.807) is 6.26 Å². The van der Waals surface area contributed by atoms with Gasteiger partial charge in [0.15, 0.2) is 0 Å². The fourth-order valence-corrected chi connectivity index (χ4v) is 2.13. The maximum Gasteiger partial charge on any atom is 0.224 e. The first-order chi connectivity index (χ1) is 9.26. The first-order valence-corrected chi connectivity index (χ1v) is 6.69. The normalized spacial score (nSPS) is 12.5. The molecular formula is C15H20N2O2. The van der Waals surface area contributed by atoms with Crippen LogP contribution >= 0.6 is 0 Å². The van der Waals surface area contributed by atoms with Crippen LogP contribution in [-0.4, -0.2) is 19.0 Å². The van der Waals surface area contributed by atoms with E-state index in [0.29, 0.717) is 19.5 Å². The number of hydrogen-bond donors (Lipinski definition) is 2. The van der Waals surface area contributed by atoms with Crippen LogP contribution in [0.1, 0.15) is 18.9 Å². The van der Waals surface area contributed by atoms with Crippen LogP contribution < -0.4 is 11.1 Å². The average molecular weight is 260 g/mol. The minimum absolute atomic E-state index is 0.0228. The summed E-state index contributed by atoms with van der Waals surface area (Å²) in [5.74, 6) is -0.179. The molecule has 2 rings (SSSR count). The number of amides is 1. The zero-order valence-electron chi connectivity index (χ0n) is 11.2. The summed E-state index contributed by atoms with van der Waals surface area (Å²) in [6.07, 6.45) is 3.27. The highest BCUT2D eigenvalue weighted by Gasteiger charge is 2.19. The molecule has 1 atom stereocenters. The molecule has 2 aromatic rings. The Hall–Kier alpha value is -1.81. The topological polar surface area (TPSA) is 68.3 Å². The van der Waals surface area contributed by atoms with E-state index in [2.05, 4.69) is 5.32 Å².